The quantitative estimate of drug-likeness (QED) is 0.611. The number of rotatable bonds is 3. The fraction of sp³-hybridized carbons (Fsp3) is 0.111. The van der Waals surface area contributed by atoms with Crippen molar-refractivity contribution in [3.05, 3.63) is 65.1 Å². The molecule has 0 fully saturated rings. The first-order valence-electron chi connectivity index (χ1n) is 7.76. The van der Waals surface area contributed by atoms with Crippen molar-refractivity contribution in [1.29, 1.82) is 0 Å². The molecule has 6 nitrogen and oxygen atoms in total. The highest BCUT2D eigenvalue weighted by molar-refractivity contribution is 7.18. The van der Waals surface area contributed by atoms with Gasteiger partial charge in [-0.3, -0.25) is 4.79 Å². The van der Waals surface area contributed by atoms with Gasteiger partial charge in [0.15, 0.2) is 5.82 Å². The van der Waals surface area contributed by atoms with Crippen molar-refractivity contribution in [2.75, 3.05) is 5.32 Å². The van der Waals surface area contributed by atoms with Crippen LogP contribution in [0, 0.1) is 13.8 Å². The standard InChI is InChI=1S/C18H15N5OS/c1-11-14(10-20-23(11)17-5-3-4-8-19-17)18(24)22-13-6-7-15-16(9-13)25-12(2)21-15/h3-10H,1-2H3,(H,22,24). The summed E-state index contributed by atoms with van der Waals surface area (Å²) < 4.78 is 2.71. The van der Waals surface area contributed by atoms with Crippen LogP contribution in [-0.2, 0) is 0 Å². The average molecular weight is 349 g/mol. The summed E-state index contributed by atoms with van der Waals surface area (Å²) in [6.07, 6.45) is 3.26. The van der Waals surface area contributed by atoms with Gasteiger partial charge in [0.05, 0.1) is 32.7 Å². The fourth-order valence-corrected chi connectivity index (χ4v) is 3.52. The predicted octanol–water partition coefficient (Wildman–Crippen LogP) is 3.75. The Morgan fingerprint density at radius 2 is 2.08 bits per heavy atom. The number of carbonyl (C=O) groups excluding carboxylic acids is 1. The summed E-state index contributed by atoms with van der Waals surface area (Å²) in [5, 5.41) is 8.22. The predicted molar refractivity (Wildman–Crippen MR) is 98.4 cm³/mol. The fourth-order valence-electron chi connectivity index (χ4n) is 2.66. The second-order valence-corrected chi connectivity index (χ2v) is 6.85. The molecule has 1 amide bonds. The number of thiazole rings is 1. The van der Waals surface area contributed by atoms with Gasteiger partial charge in [-0.2, -0.15) is 5.10 Å². The Bertz CT molecular complexity index is 1070. The van der Waals surface area contributed by atoms with Crippen molar-refractivity contribution in [1.82, 2.24) is 19.7 Å². The van der Waals surface area contributed by atoms with Gasteiger partial charge >= 0.3 is 0 Å². The Morgan fingerprint density at radius 1 is 1.20 bits per heavy atom. The number of hydrogen-bond acceptors (Lipinski definition) is 5. The van der Waals surface area contributed by atoms with Gasteiger partial charge in [-0.15, -0.1) is 11.3 Å². The third-order valence-corrected chi connectivity index (χ3v) is 4.81. The lowest BCUT2D eigenvalue weighted by atomic mass is 10.2. The van der Waals surface area contributed by atoms with E-state index < -0.39 is 0 Å². The number of pyridine rings is 1. The monoisotopic (exact) mass is 349 g/mol. The molecule has 0 spiro atoms. The van der Waals surface area contributed by atoms with E-state index in [0.717, 1.165) is 26.6 Å². The molecule has 0 saturated heterocycles. The highest BCUT2D eigenvalue weighted by atomic mass is 32.1. The molecule has 3 heterocycles. The van der Waals surface area contributed by atoms with Crippen LogP contribution in [0.2, 0.25) is 0 Å². The van der Waals surface area contributed by atoms with E-state index in [1.807, 2.05) is 50.2 Å². The Kier molecular flexibility index (Phi) is 3.77. The van der Waals surface area contributed by atoms with Gasteiger partial charge in [0.2, 0.25) is 0 Å². The lowest BCUT2D eigenvalue weighted by molar-refractivity contribution is 0.102. The van der Waals surface area contributed by atoms with E-state index in [1.165, 1.54) is 0 Å². The second-order valence-electron chi connectivity index (χ2n) is 5.61. The third-order valence-electron chi connectivity index (χ3n) is 3.87. The van der Waals surface area contributed by atoms with Crippen molar-refractivity contribution < 1.29 is 4.79 Å². The van der Waals surface area contributed by atoms with E-state index in [4.69, 9.17) is 0 Å². The first-order chi connectivity index (χ1) is 12.1. The third kappa shape index (κ3) is 2.89. The minimum absolute atomic E-state index is 0.194. The molecule has 1 aromatic carbocycles. The number of fused-ring (bicyclic) bond motifs is 1. The van der Waals surface area contributed by atoms with E-state index in [-0.39, 0.29) is 5.91 Å². The zero-order valence-electron chi connectivity index (χ0n) is 13.7. The van der Waals surface area contributed by atoms with Gasteiger partial charge < -0.3 is 5.32 Å². The summed E-state index contributed by atoms with van der Waals surface area (Å²) in [7, 11) is 0. The molecule has 0 aliphatic heterocycles. The zero-order chi connectivity index (χ0) is 17.4. The SMILES string of the molecule is Cc1nc2ccc(NC(=O)c3cnn(-c4ccccn4)c3C)cc2s1. The first-order valence-corrected chi connectivity index (χ1v) is 8.58. The van der Waals surface area contributed by atoms with Gasteiger partial charge in [-0.25, -0.2) is 14.6 Å². The Labute approximate surface area is 148 Å². The minimum Gasteiger partial charge on any atom is -0.322 e. The zero-order valence-corrected chi connectivity index (χ0v) is 14.5. The maximum absolute atomic E-state index is 12.6. The second kappa shape index (κ2) is 6.10. The first kappa shape index (κ1) is 15.5. The van der Waals surface area contributed by atoms with Crippen LogP contribution >= 0.6 is 11.3 Å². The molecule has 1 N–H and O–H groups in total. The summed E-state index contributed by atoms with van der Waals surface area (Å²) in [5.74, 6) is 0.487. The molecule has 3 aromatic heterocycles. The van der Waals surface area contributed by atoms with Crippen LogP contribution in [0.3, 0.4) is 0 Å². The molecular formula is C18H15N5OS. The van der Waals surface area contributed by atoms with Crippen LogP contribution in [-0.4, -0.2) is 25.7 Å². The molecule has 0 bridgehead atoms. The van der Waals surface area contributed by atoms with Crippen LogP contribution < -0.4 is 5.32 Å². The molecule has 0 atom stereocenters. The number of aromatic nitrogens is 4. The summed E-state index contributed by atoms with van der Waals surface area (Å²) in [6, 6.07) is 11.3. The van der Waals surface area contributed by atoms with Crippen molar-refractivity contribution in [2.45, 2.75) is 13.8 Å². The van der Waals surface area contributed by atoms with Crippen molar-refractivity contribution in [2.24, 2.45) is 0 Å². The number of aryl methyl sites for hydroxylation is 1. The largest absolute Gasteiger partial charge is 0.322 e. The molecule has 0 unspecified atom stereocenters. The van der Waals surface area contributed by atoms with Crippen LogP contribution in [0.25, 0.3) is 16.0 Å². The van der Waals surface area contributed by atoms with Gasteiger partial charge in [0.1, 0.15) is 0 Å². The molecule has 0 aliphatic rings. The molecule has 0 aliphatic carbocycles. The van der Waals surface area contributed by atoms with Gasteiger partial charge in [-0.05, 0) is 44.2 Å². The van der Waals surface area contributed by atoms with Crippen molar-refractivity contribution in [3.8, 4) is 5.82 Å². The number of hydrogen-bond donors (Lipinski definition) is 1. The number of nitrogens with one attached hydrogen (secondary N) is 1. The number of carbonyl (C=O) groups is 1. The number of amides is 1. The summed E-state index contributed by atoms with van der Waals surface area (Å²) in [4.78, 5) is 21.3. The van der Waals surface area contributed by atoms with Gasteiger partial charge in [-0.1, -0.05) is 6.07 Å². The molecule has 25 heavy (non-hydrogen) atoms. The molecular weight excluding hydrogens is 334 g/mol. The number of nitrogens with zero attached hydrogens (tertiary/aromatic N) is 4. The molecule has 4 aromatic rings. The highest BCUT2D eigenvalue weighted by Crippen LogP contribution is 2.25. The average Bonchev–Trinajstić information content (AvgIpc) is 3.17. The van der Waals surface area contributed by atoms with E-state index in [2.05, 4.69) is 20.4 Å². The molecule has 4 rings (SSSR count). The van der Waals surface area contributed by atoms with E-state index in [9.17, 15) is 4.79 Å². The molecule has 7 heteroatoms. The number of benzene rings is 1. The Morgan fingerprint density at radius 3 is 2.88 bits per heavy atom. The minimum atomic E-state index is -0.194. The summed E-state index contributed by atoms with van der Waals surface area (Å²) in [5.41, 5.74) is 2.95. The van der Waals surface area contributed by atoms with Gasteiger partial charge in [0, 0.05) is 11.9 Å². The van der Waals surface area contributed by atoms with Crippen LogP contribution in [0.5, 0.6) is 0 Å². The number of anilines is 1. The summed E-state index contributed by atoms with van der Waals surface area (Å²) >= 11 is 1.61. The van der Waals surface area contributed by atoms with E-state index in [0.29, 0.717) is 11.4 Å². The lowest BCUT2D eigenvalue weighted by Gasteiger charge is -2.06. The topological polar surface area (TPSA) is 72.7 Å². The van der Waals surface area contributed by atoms with E-state index >= 15 is 0 Å². The normalized spacial score (nSPS) is 11.0. The van der Waals surface area contributed by atoms with Crippen LogP contribution in [0.15, 0.2) is 48.8 Å². The highest BCUT2D eigenvalue weighted by Gasteiger charge is 2.16. The maximum atomic E-state index is 12.6. The van der Waals surface area contributed by atoms with Crippen molar-refractivity contribution in [3.63, 3.8) is 0 Å². The Balaban J connectivity index is 1.61. The van der Waals surface area contributed by atoms with Crippen LogP contribution in [0.1, 0.15) is 21.1 Å². The lowest BCUT2D eigenvalue weighted by Crippen LogP contribution is -2.13. The van der Waals surface area contributed by atoms with Gasteiger partial charge in [0.25, 0.3) is 5.91 Å². The van der Waals surface area contributed by atoms with Crippen molar-refractivity contribution >= 4 is 33.1 Å². The molecule has 124 valence electrons. The van der Waals surface area contributed by atoms with E-state index in [1.54, 1.807) is 28.4 Å². The summed E-state index contributed by atoms with van der Waals surface area (Å²) in [6.45, 7) is 3.82. The molecule has 0 radical (unpaired) electrons. The Hall–Kier alpha value is -3.06. The maximum Gasteiger partial charge on any atom is 0.259 e. The smallest absolute Gasteiger partial charge is 0.259 e. The van der Waals surface area contributed by atoms with Crippen LogP contribution in [0.4, 0.5) is 5.69 Å². The molecule has 0 saturated carbocycles.